The van der Waals surface area contributed by atoms with Gasteiger partial charge in [-0.25, -0.2) is 4.79 Å². The van der Waals surface area contributed by atoms with E-state index in [0.29, 0.717) is 13.0 Å². The highest BCUT2D eigenvalue weighted by Crippen LogP contribution is 2.60. The Morgan fingerprint density at radius 2 is 1.68 bits per heavy atom. The van der Waals surface area contributed by atoms with E-state index in [-0.39, 0.29) is 53.3 Å². The molecule has 1 spiro atoms. The number of fused-ring (bicyclic) bond motifs is 4. The minimum absolute atomic E-state index is 0.0478. The van der Waals surface area contributed by atoms with Crippen LogP contribution in [0.4, 0.5) is 0 Å². The largest absolute Gasteiger partial charge is 0.511 e. The second kappa shape index (κ2) is 12.9. The molecule has 4 aliphatic carbocycles. The molecule has 1 aliphatic heterocycles. The van der Waals surface area contributed by atoms with Crippen molar-refractivity contribution in [1.29, 1.82) is 0 Å². The van der Waals surface area contributed by atoms with Crippen molar-refractivity contribution >= 4 is 23.7 Å². The number of esters is 3. The first-order valence-corrected chi connectivity index (χ1v) is 16.9. The van der Waals surface area contributed by atoms with Gasteiger partial charge in [-0.1, -0.05) is 63.6 Å². The van der Waals surface area contributed by atoms with Crippen LogP contribution in [0.25, 0.3) is 0 Å². The van der Waals surface area contributed by atoms with E-state index in [0.717, 1.165) is 23.1 Å². The number of carbonyl (C=O) groups excluding carboxylic acids is 4. The fourth-order valence-corrected chi connectivity index (χ4v) is 9.54. The van der Waals surface area contributed by atoms with Gasteiger partial charge in [0.1, 0.15) is 23.5 Å². The quantitative estimate of drug-likeness (QED) is 0.165. The van der Waals surface area contributed by atoms with Crippen LogP contribution in [-0.4, -0.2) is 60.3 Å². The number of rotatable bonds is 4. The molecule has 5 aliphatic rings. The number of ketones is 1. The normalized spacial score (nSPS) is 41.7. The zero-order valence-corrected chi connectivity index (χ0v) is 29.1. The Morgan fingerprint density at radius 3 is 2.32 bits per heavy atom. The first kappa shape index (κ1) is 34.9. The number of Topliss-reactive ketones (excluding diaryl/α,β-unsaturated/α-hetero) is 1. The maximum atomic E-state index is 14.8. The molecule has 0 aromatic carbocycles. The Kier molecular flexibility index (Phi) is 9.54. The molecule has 1 saturated carbocycles. The molecule has 2 fully saturated rings. The number of carbonyl (C=O) groups is 4. The number of ether oxygens (including phenoxy) is 4. The van der Waals surface area contributed by atoms with Crippen LogP contribution in [0.1, 0.15) is 74.7 Å². The van der Waals surface area contributed by atoms with E-state index >= 15 is 0 Å². The molecule has 0 amide bonds. The van der Waals surface area contributed by atoms with Gasteiger partial charge in [0.2, 0.25) is 5.78 Å². The molecule has 11 atom stereocenters. The topological polar surface area (TPSA) is 125 Å². The van der Waals surface area contributed by atoms with Crippen LogP contribution in [0.2, 0.25) is 0 Å². The molecule has 0 aromatic heterocycles. The summed E-state index contributed by atoms with van der Waals surface area (Å²) < 4.78 is 23.4. The van der Waals surface area contributed by atoms with Gasteiger partial charge in [-0.05, 0) is 55.1 Å². The van der Waals surface area contributed by atoms with Crippen LogP contribution >= 0.6 is 0 Å². The van der Waals surface area contributed by atoms with Gasteiger partial charge < -0.3 is 24.1 Å². The van der Waals surface area contributed by atoms with Crippen molar-refractivity contribution in [2.75, 3.05) is 13.7 Å². The summed E-state index contributed by atoms with van der Waals surface area (Å²) in [7, 11) is 1.61. The average Bonchev–Trinajstić information content (AvgIpc) is 3.22. The average molecular weight is 651 g/mol. The number of hydrogen-bond donors (Lipinski definition) is 1. The van der Waals surface area contributed by atoms with Gasteiger partial charge in [-0.2, -0.15) is 0 Å². The zero-order valence-electron chi connectivity index (χ0n) is 29.1. The Morgan fingerprint density at radius 1 is 1.00 bits per heavy atom. The van der Waals surface area contributed by atoms with Crippen molar-refractivity contribution in [3.05, 3.63) is 58.4 Å². The highest BCUT2D eigenvalue weighted by atomic mass is 16.6. The van der Waals surface area contributed by atoms with Gasteiger partial charge in [0.05, 0.1) is 6.61 Å². The van der Waals surface area contributed by atoms with Crippen molar-refractivity contribution in [2.45, 2.75) is 92.5 Å². The maximum absolute atomic E-state index is 14.8. The molecule has 1 saturated heterocycles. The minimum Gasteiger partial charge on any atom is -0.511 e. The second-order valence-electron chi connectivity index (χ2n) is 14.8. The van der Waals surface area contributed by atoms with Gasteiger partial charge in [-0.15, -0.1) is 0 Å². The maximum Gasteiger partial charge on any atom is 0.346 e. The summed E-state index contributed by atoms with van der Waals surface area (Å²) in [5.41, 5.74) is -0.434. The van der Waals surface area contributed by atoms with Crippen molar-refractivity contribution in [1.82, 2.24) is 0 Å². The second-order valence-corrected chi connectivity index (χ2v) is 14.8. The molecule has 1 heterocycles. The molecule has 47 heavy (non-hydrogen) atoms. The lowest BCUT2D eigenvalue weighted by Gasteiger charge is -2.56. The van der Waals surface area contributed by atoms with Gasteiger partial charge in [0.15, 0.2) is 5.60 Å². The van der Waals surface area contributed by atoms with Crippen LogP contribution in [-0.2, 0) is 38.1 Å². The summed E-state index contributed by atoms with van der Waals surface area (Å²) in [6.07, 6.45) is 10.2. The van der Waals surface area contributed by atoms with E-state index < -0.39 is 52.8 Å². The van der Waals surface area contributed by atoms with Crippen LogP contribution in [0.15, 0.2) is 58.4 Å². The van der Waals surface area contributed by atoms with Crippen LogP contribution in [0, 0.1) is 46.8 Å². The number of methoxy groups -OCH3 is 1. The predicted octanol–water partition coefficient (Wildman–Crippen LogP) is 6.15. The number of hydrogen-bond acceptors (Lipinski definition) is 9. The summed E-state index contributed by atoms with van der Waals surface area (Å²) in [5.74, 6) is -4.13. The van der Waals surface area contributed by atoms with E-state index in [2.05, 4.69) is 19.9 Å². The third kappa shape index (κ3) is 5.83. The van der Waals surface area contributed by atoms with Gasteiger partial charge >= 0.3 is 17.9 Å². The lowest BCUT2D eigenvalue weighted by Crippen LogP contribution is -2.55. The van der Waals surface area contributed by atoms with Crippen molar-refractivity contribution in [2.24, 2.45) is 46.8 Å². The molecule has 5 rings (SSSR count). The highest BCUT2D eigenvalue weighted by molar-refractivity contribution is 6.26. The summed E-state index contributed by atoms with van der Waals surface area (Å²) in [5, 5.41) is 12.5. The SMILES string of the molecule is COCC1=CC2C=C(C)C(OC(C)=O)CC=C(C)C3C=CC4C(OC(C)=O)C(C)CC(C)C4C3(C)/C(O)=C3/C(=O)OC2(CC1C)C3=O. The zero-order chi connectivity index (χ0) is 34.6. The minimum atomic E-state index is -1.58. The van der Waals surface area contributed by atoms with E-state index in [1.54, 1.807) is 7.11 Å². The van der Waals surface area contributed by atoms with Gasteiger partial charge in [0.25, 0.3) is 0 Å². The Hall–Kier alpha value is -3.46. The lowest BCUT2D eigenvalue weighted by molar-refractivity contribution is -0.161. The standard InChI is InChI=1S/C38H50O9/c1-19-10-13-30(45-24(6)39)20(2)15-27-16-26(18-44-9)23(5)17-38(27)35(42)31(36(43)47-38)34(41)37(8)29(19)12-11-28-32(37)21(3)14-22(4)33(28)46-25(7)40/h10-12,15-16,21-23,27-30,32-33,41H,13-14,17-18H2,1-9H3/b19-10?,20-15?,34-31-. The fourth-order valence-electron chi connectivity index (χ4n) is 9.54. The molecular formula is C38H50O9. The van der Waals surface area contributed by atoms with E-state index in [1.165, 1.54) is 13.8 Å². The predicted molar refractivity (Wildman–Crippen MR) is 175 cm³/mol. The molecule has 9 nitrogen and oxygen atoms in total. The van der Waals surface area contributed by atoms with E-state index in [1.807, 2.05) is 52.0 Å². The Bertz CT molecular complexity index is 1500. The number of aliphatic hydroxyl groups excluding tert-OH is 1. The number of allylic oxidation sites excluding steroid dienone is 3. The van der Waals surface area contributed by atoms with Crippen molar-refractivity contribution < 1.29 is 43.2 Å². The monoisotopic (exact) mass is 650 g/mol. The highest BCUT2D eigenvalue weighted by Gasteiger charge is 2.63. The Balaban J connectivity index is 1.78. The molecule has 9 heteroatoms. The molecule has 0 aromatic rings. The van der Waals surface area contributed by atoms with Crippen molar-refractivity contribution in [3.8, 4) is 0 Å². The molecule has 256 valence electrons. The van der Waals surface area contributed by atoms with Crippen LogP contribution < -0.4 is 0 Å². The van der Waals surface area contributed by atoms with Gasteiger partial charge in [0, 0.05) is 57.0 Å². The molecule has 11 unspecified atom stereocenters. The first-order valence-electron chi connectivity index (χ1n) is 16.9. The number of aliphatic hydroxyl groups is 1. The molecule has 1 N–H and O–H groups in total. The van der Waals surface area contributed by atoms with Crippen LogP contribution in [0.3, 0.4) is 0 Å². The molecule has 0 radical (unpaired) electrons. The molecule has 2 bridgehead atoms. The van der Waals surface area contributed by atoms with Crippen molar-refractivity contribution in [3.63, 3.8) is 0 Å². The lowest BCUT2D eigenvalue weighted by atomic mass is 9.49. The molecular weight excluding hydrogens is 600 g/mol. The third-order valence-electron chi connectivity index (χ3n) is 11.6. The van der Waals surface area contributed by atoms with Gasteiger partial charge in [-0.3, -0.25) is 14.4 Å². The first-order chi connectivity index (χ1) is 22.1. The summed E-state index contributed by atoms with van der Waals surface area (Å²) >= 11 is 0. The summed E-state index contributed by atoms with van der Waals surface area (Å²) in [4.78, 5) is 53.4. The summed E-state index contributed by atoms with van der Waals surface area (Å²) in [6.45, 7) is 15.0. The van der Waals surface area contributed by atoms with E-state index in [4.69, 9.17) is 18.9 Å². The smallest absolute Gasteiger partial charge is 0.346 e. The fraction of sp³-hybridized carbons (Fsp3) is 0.632. The van der Waals surface area contributed by atoms with E-state index in [9.17, 15) is 24.3 Å². The Labute approximate surface area is 278 Å². The van der Waals surface area contributed by atoms with Crippen LogP contribution in [0.5, 0.6) is 0 Å². The summed E-state index contributed by atoms with van der Waals surface area (Å²) in [6, 6.07) is 0. The third-order valence-corrected chi connectivity index (χ3v) is 11.6.